The molecule has 19 heavy (non-hydrogen) atoms. The summed E-state index contributed by atoms with van der Waals surface area (Å²) in [7, 11) is 0. The highest BCUT2D eigenvalue weighted by atomic mass is 32.1. The first-order valence-electron chi connectivity index (χ1n) is 5.86. The van der Waals surface area contributed by atoms with Crippen LogP contribution in [0, 0.1) is 5.82 Å². The van der Waals surface area contributed by atoms with Gasteiger partial charge in [-0.3, -0.25) is 0 Å². The molecule has 3 nitrogen and oxygen atoms in total. The minimum absolute atomic E-state index is 0.0442. The van der Waals surface area contributed by atoms with Crippen molar-refractivity contribution < 1.29 is 14.3 Å². The molecule has 2 rings (SSSR count). The predicted molar refractivity (Wildman–Crippen MR) is 72.9 cm³/mol. The molecule has 0 saturated carbocycles. The lowest BCUT2D eigenvalue weighted by Crippen LogP contribution is -2.19. The number of hydrogen-bond donors (Lipinski definition) is 2. The first kappa shape index (κ1) is 13.7. The van der Waals surface area contributed by atoms with Crippen molar-refractivity contribution in [1.82, 2.24) is 5.32 Å². The second kappa shape index (κ2) is 5.95. The minimum Gasteiger partial charge on any atom is -0.477 e. The Hall–Kier alpha value is -1.72. The summed E-state index contributed by atoms with van der Waals surface area (Å²) in [5, 5.41) is 14.0. The molecular weight excluding hydrogens is 265 g/mol. The molecule has 0 fully saturated rings. The maximum absolute atomic E-state index is 13.1. The topological polar surface area (TPSA) is 49.3 Å². The van der Waals surface area contributed by atoms with Crippen molar-refractivity contribution in [2.45, 2.75) is 19.5 Å². The summed E-state index contributed by atoms with van der Waals surface area (Å²) in [5.41, 5.74) is 1.59. The van der Waals surface area contributed by atoms with Crippen LogP contribution in [0.5, 0.6) is 0 Å². The summed E-state index contributed by atoms with van der Waals surface area (Å²) in [6.07, 6.45) is 0. The number of aromatic carboxylic acids is 1. The fourth-order valence-electron chi connectivity index (χ4n) is 1.82. The summed E-state index contributed by atoms with van der Waals surface area (Å²) < 4.78 is 13.1. The smallest absolute Gasteiger partial charge is 0.346 e. The lowest BCUT2D eigenvalue weighted by atomic mass is 10.1. The van der Waals surface area contributed by atoms with Crippen molar-refractivity contribution >= 4 is 17.3 Å². The standard InChI is InChI=1S/C14H14FNO2S/c1-9(10-3-2-4-12(15)7-10)16-8-11-5-6-19-13(11)14(17)18/h2-7,9,16H,8H2,1H3,(H,17,18)/t9-/m0/s1. The molecule has 0 aliphatic rings. The molecule has 0 aliphatic heterocycles. The van der Waals surface area contributed by atoms with E-state index in [1.807, 2.05) is 13.0 Å². The van der Waals surface area contributed by atoms with Gasteiger partial charge in [0.1, 0.15) is 10.7 Å². The quantitative estimate of drug-likeness (QED) is 0.881. The highest BCUT2D eigenvalue weighted by Gasteiger charge is 2.12. The molecule has 0 unspecified atom stereocenters. The van der Waals surface area contributed by atoms with Crippen LogP contribution in [-0.2, 0) is 6.54 Å². The zero-order valence-corrected chi connectivity index (χ0v) is 11.2. The molecule has 2 aromatic rings. The van der Waals surface area contributed by atoms with E-state index in [2.05, 4.69) is 5.32 Å². The molecule has 0 aliphatic carbocycles. The second-order valence-electron chi connectivity index (χ2n) is 4.24. The van der Waals surface area contributed by atoms with Crippen molar-refractivity contribution in [2.75, 3.05) is 0 Å². The van der Waals surface area contributed by atoms with E-state index in [1.165, 1.54) is 23.5 Å². The van der Waals surface area contributed by atoms with Crippen LogP contribution in [0.3, 0.4) is 0 Å². The van der Waals surface area contributed by atoms with Gasteiger partial charge in [0.2, 0.25) is 0 Å². The third-order valence-corrected chi connectivity index (χ3v) is 3.83. The van der Waals surface area contributed by atoms with E-state index < -0.39 is 5.97 Å². The average Bonchev–Trinajstić information content (AvgIpc) is 2.84. The zero-order valence-electron chi connectivity index (χ0n) is 10.4. The molecule has 0 amide bonds. The molecule has 1 atom stereocenters. The van der Waals surface area contributed by atoms with Crippen LogP contribution < -0.4 is 5.32 Å². The first-order chi connectivity index (χ1) is 9.08. The van der Waals surface area contributed by atoms with Gasteiger partial charge in [-0.15, -0.1) is 11.3 Å². The summed E-state index contributed by atoms with van der Waals surface area (Å²) in [4.78, 5) is 11.3. The van der Waals surface area contributed by atoms with E-state index in [4.69, 9.17) is 5.11 Å². The normalized spacial score (nSPS) is 12.3. The number of rotatable bonds is 5. The number of carboxylic acid groups (broad SMARTS) is 1. The predicted octanol–water partition coefficient (Wildman–Crippen LogP) is 3.44. The van der Waals surface area contributed by atoms with Crippen LogP contribution in [0.15, 0.2) is 35.7 Å². The number of carboxylic acids is 1. The minimum atomic E-state index is -0.912. The van der Waals surface area contributed by atoms with E-state index in [1.54, 1.807) is 17.5 Å². The van der Waals surface area contributed by atoms with Gasteiger partial charge in [-0.2, -0.15) is 0 Å². The van der Waals surface area contributed by atoms with Crippen LogP contribution in [0.4, 0.5) is 4.39 Å². The Morgan fingerprint density at radius 2 is 2.26 bits per heavy atom. The van der Waals surface area contributed by atoms with Crippen molar-refractivity contribution in [3.8, 4) is 0 Å². The van der Waals surface area contributed by atoms with Crippen LogP contribution in [0.2, 0.25) is 0 Å². The highest BCUT2D eigenvalue weighted by Crippen LogP contribution is 2.19. The number of halogens is 1. The molecule has 100 valence electrons. The maximum atomic E-state index is 13.1. The van der Waals surface area contributed by atoms with Crippen LogP contribution >= 0.6 is 11.3 Å². The van der Waals surface area contributed by atoms with E-state index >= 15 is 0 Å². The Balaban J connectivity index is 2.02. The van der Waals surface area contributed by atoms with Gasteiger partial charge >= 0.3 is 5.97 Å². The molecule has 0 spiro atoms. The van der Waals surface area contributed by atoms with Gasteiger partial charge < -0.3 is 10.4 Å². The van der Waals surface area contributed by atoms with Crippen LogP contribution in [0.25, 0.3) is 0 Å². The Labute approximate surface area is 114 Å². The van der Waals surface area contributed by atoms with Gasteiger partial charge in [0, 0.05) is 12.6 Å². The molecule has 0 bridgehead atoms. The zero-order chi connectivity index (χ0) is 13.8. The fourth-order valence-corrected chi connectivity index (χ4v) is 2.58. The average molecular weight is 279 g/mol. The third kappa shape index (κ3) is 3.39. The van der Waals surface area contributed by atoms with Gasteiger partial charge in [-0.05, 0) is 41.6 Å². The molecule has 1 aromatic heterocycles. The van der Waals surface area contributed by atoms with Crippen LogP contribution in [0.1, 0.15) is 33.8 Å². The Morgan fingerprint density at radius 1 is 1.47 bits per heavy atom. The maximum Gasteiger partial charge on any atom is 0.346 e. The number of hydrogen-bond acceptors (Lipinski definition) is 3. The summed E-state index contributed by atoms with van der Waals surface area (Å²) in [6.45, 7) is 2.37. The van der Waals surface area contributed by atoms with E-state index in [0.717, 1.165) is 11.1 Å². The third-order valence-electron chi connectivity index (χ3n) is 2.89. The number of carbonyl (C=O) groups is 1. The number of benzene rings is 1. The van der Waals surface area contributed by atoms with E-state index in [0.29, 0.717) is 11.4 Å². The van der Waals surface area contributed by atoms with Crippen molar-refractivity contribution in [3.63, 3.8) is 0 Å². The van der Waals surface area contributed by atoms with Gasteiger partial charge in [-0.1, -0.05) is 12.1 Å². The number of thiophene rings is 1. The molecular formula is C14H14FNO2S. The monoisotopic (exact) mass is 279 g/mol. The summed E-state index contributed by atoms with van der Waals surface area (Å²) in [5.74, 6) is -1.18. The van der Waals surface area contributed by atoms with Crippen molar-refractivity contribution in [2.24, 2.45) is 0 Å². The Bertz CT molecular complexity index is 582. The SMILES string of the molecule is C[C@H](NCc1ccsc1C(=O)O)c1cccc(F)c1. The molecule has 5 heteroatoms. The Morgan fingerprint density at radius 3 is 2.95 bits per heavy atom. The molecule has 0 saturated heterocycles. The van der Waals surface area contributed by atoms with Crippen molar-refractivity contribution in [1.29, 1.82) is 0 Å². The van der Waals surface area contributed by atoms with Gasteiger partial charge in [0.05, 0.1) is 0 Å². The van der Waals surface area contributed by atoms with Gasteiger partial charge in [0.25, 0.3) is 0 Å². The fraction of sp³-hybridized carbons (Fsp3) is 0.214. The summed E-state index contributed by atoms with van der Waals surface area (Å²) in [6, 6.07) is 8.13. The molecule has 0 radical (unpaired) electrons. The first-order valence-corrected chi connectivity index (χ1v) is 6.74. The largest absolute Gasteiger partial charge is 0.477 e. The van der Waals surface area contributed by atoms with E-state index in [9.17, 15) is 9.18 Å². The van der Waals surface area contributed by atoms with Crippen LogP contribution in [-0.4, -0.2) is 11.1 Å². The molecule has 1 aromatic carbocycles. The molecule has 1 heterocycles. The lowest BCUT2D eigenvalue weighted by Gasteiger charge is -2.14. The van der Waals surface area contributed by atoms with Gasteiger partial charge in [0.15, 0.2) is 0 Å². The number of nitrogens with one attached hydrogen (secondary N) is 1. The molecule has 2 N–H and O–H groups in total. The lowest BCUT2D eigenvalue weighted by molar-refractivity contribution is 0.0701. The highest BCUT2D eigenvalue weighted by molar-refractivity contribution is 7.12. The second-order valence-corrected chi connectivity index (χ2v) is 5.15. The summed E-state index contributed by atoms with van der Waals surface area (Å²) >= 11 is 1.21. The Kier molecular flexibility index (Phi) is 4.29. The van der Waals surface area contributed by atoms with E-state index in [-0.39, 0.29) is 11.9 Å². The van der Waals surface area contributed by atoms with Gasteiger partial charge in [-0.25, -0.2) is 9.18 Å². The van der Waals surface area contributed by atoms with Crippen molar-refractivity contribution in [3.05, 3.63) is 57.5 Å².